The fourth-order valence-corrected chi connectivity index (χ4v) is 5.85. The van der Waals surface area contributed by atoms with E-state index in [9.17, 15) is 13.2 Å². The van der Waals surface area contributed by atoms with Gasteiger partial charge in [0, 0.05) is 13.1 Å². The Labute approximate surface area is 159 Å². The van der Waals surface area contributed by atoms with Crippen LogP contribution in [0.15, 0.2) is 46.0 Å². The maximum Gasteiger partial charge on any atom is 0.252 e. The normalized spacial score (nSPS) is 19.8. The summed E-state index contributed by atoms with van der Waals surface area (Å²) < 4.78 is 27.2. The van der Waals surface area contributed by atoms with Gasteiger partial charge >= 0.3 is 0 Å². The van der Waals surface area contributed by atoms with Gasteiger partial charge in [-0.25, -0.2) is 8.42 Å². The Balaban J connectivity index is 1.65. The molecule has 1 saturated heterocycles. The second-order valence-electron chi connectivity index (χ2n) is 6.78. The number of sulfonamides is 1. The number of hydrogen-bond acceptors (Lipinski definition) is 4. The largest absolute Gasteiger partial charge is 0.349 e. The summed E-state index contributed by atoms with van der Waals surface area (Å²) in [6.45, 7) is 4.69. The molecule has 26 heavy (non-hydrogen) atoms. The quantitative estimate of drug-likeness (QED) is 0.849. The monoisotopic (exact) mass is 392 g/mol. The Bertz CT molecular complexity index is 845. The lowest BCUT2D eigenvalue weighted by Gasteiger charge is -2.31. The average Bonchev–Trinajstić information content (AvgIpc) is 3.18. The summed E-state index contributed by atoms with van der Waals surface area (Å²) in [7, 11) is -3.50. The highest BCUT2D eigenvalue weighted by atomic mass is 32.2. The van der Waals surface area contributed by atoms with E-state index in [2.05, 4.69) is 5.32 Å². The van der Waals surface area contributed by atoms with Crippen LogP contribution in [0.1, 0.15) is 36.9 Å². The van der Waals surface area contributed by atoms with Crippen LogP contribution in [0.2, 0.25) is 0 Å². The van der Waals surface area contributed by atoms with E-state index in [0.29, 0.717) is 23.6 Å². The molecule has 2 heterocycles. The number of nitrogens with one attached hydrogen (secondary N) is 1. The third kappa shape index (κ3) is 4.16. The third-order valence-electron chi connectivity index (χ3n) is 4.78. The van der Waals surface area contributed by atoms with Gasteiger partial charge in [-0.3, -0.25) is 4.79 Å². The summed E-state index contributed by atoms with van der Waals surface area (Å²) in [5, 5.41) is 4.79. The van der Waals surface area contributed by atoms with Crippen LogP contribution in [0.3, 0.4) is 0 Å². The first-order chi connectivity index (χ1) is 12.4. The molecule has 1 aromatic heterocycles. The molecule has 3 rings (SSSR count). The third-order valence-corrected chi connectivity index (χ3v) is 8.02. The van der Waals surface area contributed by atoms with E-state index in [-0.39, 0.29) is 24.4 Å². The highest BCUT2D eigenvalue weighted by Gasteiger charge is 2.34. The van der Waals surface area contributed by atoms with Gasteiger partial charge in [0.2, 0.25) is 5.91 Å². The van der Waals surface area contributed by atoms with Gasteiger partial charge in [-0.05, 0) is 43.7 Å². The van der Waals surface area contributed by atoms with Crippen molar-refractivity contribution < 1.29 is 13.2 Å². The van der Waals surface area contributed by atoms with E-state index in [1.807, 2.05) is 38.1 Å². The van der Waals surface area contributed by atoms with Crippen molar-refractivity contribution in [3.63, 3.8) is 0 Å². The molecule has 7 heteroatoms. The number of hydrogen-bond donors (Lipinski definition) is 1. The van der Waals surface area contributed by atoms with E-state index >= 15 is 0 Å². The van der Waals surface area contributed by atoms with E-state index in [1.54, 1.807) is 17.5 Å². The number of aryl methyl sites for hydroxylation is 1. The number of carbonyl (C=O) groups is 1. The second-order valence-corrected chi connectivity index (χ2v) is 9.89. The van der Waals surface area contributed by atoms with Crippen molar-refractivity contribution >= 4 is 27.3 Å². The SMILES string of the molecule is Cc1ccc([C@H](C)NC(=O)[C@H]2CCCN(S(=O)(=O)c3cccs3)C2)cc1. The molecule has 1 N–H and O–H groups in total. The van der Waals surface area contributed by atoms with E-state index in [4.69, 9.17) is 0 Å². The molecule has 1 aromatic carbocycles. The van der Waals surface area contributed by atoms with E-state index < -0.39 is 10.0 Å². The minimum Gasteiger partial charge on any atom is -0.349 e. The Morgan fingerprint density at radius 1 is 1.27 bits per heavy atom. The van der Waals surface area contributed by atoms with Gasteiger partial charge in [0.1, 0.15) is 4.21 Å². The van der Waals surface area contributed by atoms with E-state index in [1.165, 1.54) is 21.2 Å². The fraction of sp³-hybridized carbons (Fsp3) is 0.421. The summed E-state index contributed by atoms with van der Waals surface area (Å²) in [5.41, 5.74) is 2.22. The molecule has 2 aromatic rings. The van der Waals surface area contributed by atoms with Crippen LogP contribution in [0.25, 0.3) is 0 Å². The highest BCUT2D eigenvalue weighted by Crippen LogP contribution is 2.27. The van der Waals surface area contributed by atoms with E-state index in [0.717, 1.165) is 5.56 Å². The Kier molecular flexibility index (Phi) is 5.79. The standard InChI is InChI=1S/C19H24N2O3S2/c1-14-7-9-16(10-8-14)15(2)20-19(22)17-5-3-11-21(13-17)26(23,24)18-6-4-12-25-18/h4,6-10,12,15,17H,3,5,11,13H2,1-2H3,(H,20,22)/t15-,17-/m0/s1. The topological polar surface area (TPSA) is 66.5 Å². The molecular weight excluding hydrogens is 368 g/mol. The lowest BCUT2D eigenvalue weighted by atomic mass is 9.97. The number of nitrogens with zero attached hydrogens (tertiary/aromatic N) is 1. The van der Waals surface area contributed by atoms with Crippen molar-refractivity contribution in [2.24, 2.45) is 5.92 Å². The van der Waals surface area contributed by atoms with Gasteiger partial charge in [0.25, 0.3) is 10.0 Å². The lowest BCUT2D eigenvalue weighted by molar-refractivity contribution is -0.126. The minimum atomic E-state index is -3.50. The molecule has 1 aliphatic rings. The van der Waals surface area contributed by atoms with Crippen molar-refractivity contribution in [3.8, 4) is 0 Å². The summed E-state index contributed by atoms with van der Waals surface area (Å²) in [5.74, 6) is -0.393. The summed E-state index contributed by atoms with van der Waals surface area (Å²) in [6.07, 6.45) is 1.41. The van der Waals surface area contributed by atoms with Gasteiger partial charge in [0.15, 0.2) is 0 Å². The second kappa shape index (κ2) is 7.90. The fourth-order valence-electron chi connectivity index (χ4n) is 3.18. The van der Waals surface area contributed by atoms with Gasteiger partial charge in [-0.1, -0.05) is 35.9 Å². The van der Waals surface area contributed by atoms with Crippen molar-refractivity contribution in [2.45, 2.75) is 36.9 Å². The first kappa shape index (κ1) is 19.1. The van der Waals surface area contributed by atoms with Crippen LogP contribution in [-0.2, 0) is 14.8 Å². The Hall–Kier alpha value is -1.70. The number of rotatable bonds is 5. The first-order valence-electron chi connectivity index (χ1n) is 8.78. The minimum absolute atomic E-state index is 0.0795. The Morgan fingerprint density at radius 2 is 2.00 bits per heavy atom. The van der Waals surface area contributed by atoms with Crippen LogP contribution < -0.4 is 5.32 Å². The van der Waals surface area contributed by atoms with Gasteiger partial charge < -0.3 is 5.32 Å². The summed E-state index contributed by atoms with van der Waals surface area (Å²) in [6, 6.07) is 11.3. The zero-order chi connectivity index (χ0) is 18.7. The zero-order valence-electron chi connectivity index (χ0n) is 15.0. The van der Waals surface area contributed by atoms with Crippen LogP contribution in [0, 0.1) is 12.8 Å². The van der Waals surface area contributed by atoms with Gasteiger partial charge in [0.05, 0.1) is 12.0 Å². The molecule has 0 unspecified atom stereocenters. The smallest absolute Gasteiger partial charge is 0.252 e. The molecule has 0 spiro atoms. The summed E-state index contributed by atoms with van der Waals surface area (Å²) in [4.78, 5) is 12.7. The molecule has 0 radical (unpaired) electrons. The van der Waals surface area contributed by atoms with Crippen molar-refractivity contribution in [1.82, 2.24) is 9.62 Å². The van der Waals surface area contributed by atoms with Crippen molar-refractivity contribution in [1.29, 1.82) is 0 Å². The van der Waals surface area contributed by atoms with Crippen molar-refractivity contribution in [2.75, 3.05) is 13.1 Å². The number of carbonyl (C=O) groups excluding carboxylic acids is 1. The first-order valence-corrected chi connectivity index (χ1v) is 11.1. The van der Waals surface area contributed by atoms with Crippen LogP contribution in [-0.4, -0.2) is 31.7 Å². The number of piperidine rings is 1. The average molecular weight is 393 g/mol. The summed E-state index contributed by atoms with van der Waals surface area (Å²) >= 11 is 1.21. The number of amides is 1. The molecule has 1 amide bonds. The molecule has 1 aliphatic heterocycles. The predicted octanol–water partition coefficient (Wildman–Crippen LogP) is 3.33. The Morgan fingerprint density at radius 3 is 2.65 bits per heavy atom. The van der Waals surface area contributed by atoms with Crippen LogP contribution in [0.5, 0.6) is 0 Å². The molecule has 5 nitrogen and oxygen atoms in total. The van der Waals surface area contributed by atoms with Crippen molar-refractivity contribution in [3.05, 3.63) is 52.9 Å². The molecular formula is C19H24N2O3S2. The van der Waals surface area contributed by atoms with Crippen LogP contribution in [0.4, 0.5) is 0 Å². The molecule has 140 valence electrons. The number of benzene rings is 1. The van der Waals surface area contributed by atoms with Gasteiger partial charge in [-0.2, -0.15) is 4.31 Å². The number of thiophene rings is 1. The van der Waals surface area contributed by atoms with Gasteiger partial charge in [-0.15, -0.1) is 11.3 Å². The molecule has 0 aliphatic carbocycles. The molecule has 1 fully saturated rings. The maximum atomic E-state index is 12.7. The molecule has 0 bridgehead atoms. The van der Waals surface area contributed by atoms with Crippen LogP contribution >= 0.6 is 11.3 Å². The molecule has 0 saturated carbocycles. The lowest BCUT2D eigenvalue weighted by Crippen LogP contribution is -2.45. The highest BCUT2D eigenvalue weighted by molar-refractivity contribution is 7.91. The molecule has 2 atom stereocenters. The maximum absolute atomic E-state index is 12.7. The predicted molar refractivity (Wildman–Crippen MR) is 104 cm³/mol. The zero-order valence-corrected chi connectivity index (χ0v) is 16.6.